The molecule has 15 heavy (non-hydrogen) atoms. The first-order chi connectivity index (χ1) is 7.31. The minimum Gasteiger partial charge on any atom is -0.384 e. The first-order valence-electron chi connectivity index (χ1n) is 5.55. The lowest BCUT2D eigenvalue weighted by Crippen LogP contribution is -2.05. The van der Waals surface area contributed by atoms with E-state index in [1.165, 1.54) is 19.3 Å². The van der Waals surface area contributed by atoms with Crippen LogP contribution >= 0.6 is 0 Å². The van der Waals surface area contributed by atoms with E-state index in [2.05, 4.69) is 11.4 Å². The third-order valence-electron chi connectivity index (χ3n) is 2.94. The second kappa shape index (κ2) is 4.35. The SMILES string of the molecule is Cc1cccc(C#N)c1NCCC1CC1. The maximum absolute atomic E-state index is 8.97. The van der Waals surface area contributed by atoms with Crippen molar-refractivity contribution in [1.29, 1.82) is 5.26 Å². The Labute approximate surface area is 90.9 Å². The fourth-order valence-electron chi connectivity index (χ4n) is 1.80. The van der Waals surface area contributed by atoms with Crippen molar-refractivity contribution in [1.82, 2.24) is 0 Å². The van der Waals surface area contributed by atoms with Crippen LogP contribution in [0.1, 0.15) is 30.4 Å². The minimum absolute atomic E-state index is 0.755. The molecule has 0 heterocycles. The van der Waals surface area contributed by atoms with Crippen LogP contribution in [0.2, 0.25) is 0 Å². The second-order valence-corrected chi connectivity index (χ2v) is 4.27. The largest absolute Gasteiger partial charge is 0.384 e. The summed E-state index contributed by atoms with van der Waals surface area (Å²) in [4.78, 5) is 0. The Morgan fingerprint density at radius 2 is 2.27 bits per heavy atom. The molecule has 0 amide bonds. The highest BCUT2D eigenvalue weighted by Crippen LogP contribution is 2.32. The fourth-order valence-corrected chi connectivity index (χ4v) is 1.80. The molecule has 1 aromatic rings. The number of rotatable bonds is 4. The summed E-state index contributed by atoms with van der Waals surface area (Å²) in [5, 5.41) is 12.4. The van der Waals surface area contributed by atoms with Gasteiger partial charge in [0.15, 0.2) is 0 Å². The summed E-state index contributed by atoms with van der Waals surface area (Å²) in [6, 6.07) is 8.07. The van der Waals surface area contributed by atoms with Crippen LogP contribution in [0.25, 0.3) is 0 Å². The topological polar surface area (TPSA) is 35.8 Å². The van der Waals surface area contributed by atoms with Crippen LogP contribution in [0.5, 0.6) is 0 Å². The van der Waals surface area contributed by atoms with Crippen LogP contribution in [0.3, 0.4) is 0 Å². The van der Waals surface area contributed by atoms with Crippen molar-refractivity contribution >= 4 is 5.69 Å². The molecule has 2 nitrogen and oxygen atoms in total. The van der Waals surface area contributed by atoms with Crippen molar-refractivity contribution in [2.75, 3.05) is 11.9 Å². The lowest BCUT2D eigenvalue weighted by molar-refractivity contribution is 0.760. The van der Waals surface area contributed by atoms with Crippen LogP contribution in [-0.4, -0.2) is 6.54 Å². The molecule has 0 bridgehead atoms. The molecular formula is C13H16N2. The monoisotopic (exact) mass is 200 g/mol. The van der Waals surface area contributed by atoms with Crippen LogP contribution < -0.4 is 5.32 Å². The zero-order valence-corrected chi connectivity index (χ0v) is 9.09. The van der Waals surface area contributed by atoms with E-state index < -0.39 is 0 Å². The first-order valence-corrected chi connectivity index (χ1v) is 5.55. The zero-order chi connectivity index (χ0) is 10.7. The van der Waals surface area contributed by atoms with Gasteiger partial charge in [-0.2, -0.15) is 5.26 Å². The number of aryl methyl sites for hydroxylation is 1. The number of benzene rings is 1. The summed E-state index contributed by atoms with van der Waals surface area (Å²) in [7, 11) is 0. The third-order valence-corrected chi connectivity index (χ3v) is 2.94. The van der Waals surface area contributed by atoms with Gasteiger partial charge in [-0.3, -0.25) is 0 Å². The van der Waals surface area contributed by atoms with Crippen LogP contribution in [0, 0.1) is 24.2 Å². The maximum Gasteiger partial charge on any atom is 0.101 e. The predicted octanol–water partition coefficient (Wildman–Crippen LogP) is 3.08. The van der Waals surface area contributed by atoms with E-state index in [0.29, 0.717) is 0 Å². The Morgan fingerprint density at radius 1 is 1.47 bits per heavy atom. The number of anilines is 1. The summed E-state index contributed by atoms with van der Waals surface area (Å²) in [5.74, 6) is 0.937. The molecule has 1 N–H and O–H groups in total. The van der Waals surface area contributed by atoms with Crippen molar-refractivity contribution in [2.24, 2.45) is 5.92 Å². The smallest absolute Gasteiger partial charge is 0.101 e. The van der Waals surface area contributed by atoms with E-state index in [1.807, 2.05) is 25.1 Å². The Bertz CT molecular complexity index is 386. The average Bonchev–Trinajstić information content (AvgIpc) is 3.04. The highest BCUT2D eigenvalue weighted by atomic mass is 14.9. The highest BCUT2D eigenvalue weighted by Gasteiger charge is 2.20. The highest BCUT2D eigenvalue weighted by molar-refractivity contribution is 5.62. The van der Waals surface area contributed by atoms with Gasteiger partial charge in [0.25, 0.3) is 0 Å². The molecule has 1 aliphatic carbocycles. The summed E-state index contributed by atoms with van der Waals surface area (Å²) in [6.07, 6.45) is 4.01. The molecule has 2 heteroatoms. The Kier molecular flexibility index (Phi) is 2.91. The average molecular weight is 200 g/mol. The van der Waals surface area contributed by atoms with E-state index >= 15 is 0 Å². The minimum atomic E-state index is 0.755. The zero-order valence-electron chi connectivity index (χ0n) is 9.09. The van der Waals surface area contributed by atoms with Crippen LogP contribution in [0.15, 0.2) is 18.2 Å². The predicted molar refractivity (Wildman–Crippen MR) is 61.7 cm³/mol. The maximum atomic E-state index is 8.97. The van der Waals surface area contributed by atoms with Gasteiger partial charge in [0.2, 0.25) is 0 Å². The lowest BCUT2D eigenvalue weighted by atomic mass is 10.1. The number of nitrogens with zero attached hydrogens (tertiary/aromatic N) is 1. The van der Waals surface area contributed by atoms with E-state index in [1.54, 1.807) is 0 Å². The van der Waals surface area contributed by atoms with Gasteiger partial charge in [0.05, 0.1) is 11.3 Å². The third kappa shape index (κ3) is 2.50. The molecule has 0 radical (unpaired) electrons. The normalized spacial score (nSPS) is 14.7. The van der Waals surface area contributed by atoms with E-state index in [4.69, 9.17) is 5.26 Å². The molecule has 2 rings (SSSR count). The first kappa shape index (κ1) is 10.0. The summed E-state index contributed by atoms with van der Waals surface area (Å²) in [5.41, 5.74) is 2.93. The molecule has 0 spiro atoms. The molecule has 0 unspecified atom stereocenters. The molecule has 0 aliphatic heterocycles. The Balaban J connectivity index is 2.01. The number of nitrogens with one attached hydrogen (secondary N) is 1. The van der Waals surface area contributed by atoms with Crippen molar-refractivity contribution in [3.63, 3.8) is 0 Å². The summed E-state index contributed by atoms with van der Waals surface area (Å²) in [6.45, 7) is 3.03. The summed E-state index contributed by atoms with van der Waals surface area (Å²) >= 11 is 0. The molecule has 0 aromatic heterocycles. The van der Waals surface area contributed by atoms with E-state index in [9.17, 15) is 0 Å². The van der Waals surface area contributed by atoms with Crippen molar-refractivity contribution in [3.05, 3.63) is 29.3 Å². The van der Waals surface area contributed by atoms with Crippen molar-refractivity contribution in [2.45, 2.75) is 26.2 Å². The Hall–Kier alpha value is -1.49. The number of para-hydroxylation sites is 1. The second-order valence-electron chi connectivity index (χ2n) is 4.27. The van der Waals surface area contributed by atoms with Gasteiger partial charge in [-0.1, -0.05) is 25.0 Å². The molecule has 1 aliphatic rings. The Morgan fingerprint density at radius 3 is 2.93 bits per heavy atom. The quantitative estimate of drug-likeness (QED) is 0.810. The molecule has 1 fully saturated rings. The summed E-state index contributed by atoms with van der Waals surface area (Å²) < 4.78 is 0. The molecule has 0 saturated heterocycles. The van der Waals surface area contributed by atoms with Gasteiger partial charge >= 0.3 is 0 Å². The van der Waals surface area contributed by atoms with Crippen molar-refractivity contribution < 1.29 is 0 Å². The van der Waals surface area contributed by atoms with Gasteiger partial charge in [0, 0.05) is 6.54 Å². The number of nitriles is 1. The van der Waals surface area contributed by atoms with Gasteiger partial charge in [-0.05, 0) is 30.9 Å². The van der Waals surface area contributed by atoms with Gasteiger partial charge < -0.3 is 5.32 Å². The molecule has 0 atom stereocenters. The number of hydrogen-bond donors (Lipinski definition) is 1. The van der Waals surface area contributed by atoms with Crippen LogP contribution in [0.4, 0.5) is 5.69 Å². The lowest BCUT2D eigenvalue weighted by Gasteiger charge is -2.10. The molecule has 78 valence electrons. The van der Waals surface area contributed by atoms with Gasteiger partial charge in [-0.15, -0.1) is 0 Å². The molecular weight excluding hydrogens is 184 g/mol. The van der Waals surface area contributed by atoms with Gasteiger partial charge in [-0.25, -0.2) is 0 Å². The van der Waals surface area contributed by atoms with E-state index in [0.717, 1.165) is 29.3 Å². The fraction of sp³-hybridized carbons (Fsp3) is 0.462. The van der Waals surface area contributed by atoms with Crippen LogP contribution in [-0.2, 0) is 0 Å². The molecule has 1 aromatic carbocycles. The molecule has 1 saturated carbocycles. The standard InChI is InChI=1S/C13H16N2/c1-10-3-2-4-12(9-14)13(10)15-8-7-11-5-6-11/h2-4,11,15H,5-8H2,1H3. The van der Waals surface area contributed by atoms with Gasteiger partial charge in [0.1, 0.15) is 6.07 Å². The van der Waals surface area contributed by atoms with E-state index in [-0.39, 0.29) is 0 Å². The van der Waals surface area contributed by atoms with Crippen molar-refractivity contribution in [3.8, 4) is 6.07 Å². The number of hydrogen-bond acceptors (Lipinski definition) is 2.